The summed E-state index contributed by atoms with van der Waals surface area (Å²) in [6.45, 7) is 1.30. The number of aromatic nitrogens is 2. The minimum Gasteiger partial charge on any atom is -0.487 e. The molecule has 0 spiro atoms. The summed E-state index contributed by atoms with van der Waals surface area (Å²) in [5.74, 6) is 0.366. The maximum atomic E-state index is 12.8. The van der Waals surface area contributed by atoms with Crippen LogP contribution in [0.4, 0.5) is 4.39 Å². The Morgan fingerprint density at radius 1 is 1.26 bits per heavy atom. The maximum absolute atomic E-state index is 12.8. The smallest absolute Gasteiger partial charge is 0.203 e. The molecule has 2 heterocycles. The molecule has 2 aromatic rings. The first kappa shape index (κ1) is 12.5. The molecule has 1 aliphatic heterocycles. The van der Waals surface area contributed by atoms with Gasteiger partial charge >= 0.3 is 0 Å². The van der Waals surface area contributed by atoms with Crippen molar-refractivity contribution in [1.82, 2.24) is 9.55 Å². The summed E-state index contributed by atoms with van der Waals surface area (Å²) >= 11 is 6.11. The van der Waals surface area contributed by atoms with Gasteiger partial charge < -0.3 is 9.30 Å². The van der Waals surface area contributed by atoms with Crippen LogP contribution in [0.3, 0.4) is 0 Å². The molecule has 0 fully saturated rings. The van der Waals surface area contributed by atoms with Crippen LogP contribution < -0.4 is 4.74 Å². The third-order valence-corrected chi connectivity index (χ3v) is 3.63. The number of imidazole rings is 1. The topological polar surface area (TPSA) is 27.1 Å². The third kappa shape index (κ3) is 2.59. The van der Waals surface area contributed by atoms with E-state index < -0.39 is 0 Å². The van der Waals surface area contributed by atoms with Crippen molar-refractivity contribution in [2.45, 2.75) is 32.4 Å². The van der Waals surface area contributed by atoms with E-state index >= 15 is 0 Å². The highest BCUT2D eigenvalue weighted by atomic mass is 35.5. The fourth-order valence-electron chi connectivity index (χ4n) is 2.37. The second-order valence-electron chi connectivity index (χ2n) is 4.63. The lowest BCUT2D eigenvalue weighted by Crippen LogP contribution is -2.11. The Morgan fingerprint density at radius 3 is 2.84 bits per heavy atom. The van der Waals surface area contributed by atoms with Crippen LogP contribution in [-0.4, -0.2) is 9.55 Å². The standard InChI is InChI=1S/C14H14ClFN2O/c15-14-17-12(13-3-1-2-8-18(13)14)9-19-11-6-4-10(16)5-7-11/h4-7H,1-3,8-9H2. The van der Waals surface area contributed by atoms with Crippen LogP contribution in [0.2, 0.25) is 5.28 Å². The second kappa shape index (κ2) is 5.21. The van der Waals surface area contributed by atoms with Gasteiger partial charge in [-0.3, -0.25) is 0 Å². The summed E-state index contributed by atoms with van der Waals surface area (Å²) in [6.07, 6.45) is 3.29. The molecule has 0 radical (unpaired) electrons. The van der Waals surface area contributed by atoms with Crippen LogP contribution in [-0.2, 0) is 19.6 Å². The first-order valence-electron chi connectivity index (χ1n) is 6.36. The summed E-state index contributed by atoms with van der Waals surface area (Å²) in [7, 11) is 0. The summed E-state index contributed by atoms with van der Waals surface area (Å²) in [5, 5.41) is 0.535. The predicted molar refractivity (Wildman–Crippen MR) is 70.9 cm³/mol. The third-order valence-electron chi connectivity index (χ3n) is 3.34. The molecular weight excluding hydrogens is 267 g/mol. The average molecular weight is 281 g/mol. The van der Waals surface area contributed by atoms with Crippen LogP contribution in [0, 0.1) is 5.82 Å². The summed E-state index contributed by atoms with van der Waals surface area (Å²) in [5.41, 5.74) is 2.05. The van der Waals surface area contributed by atoms with Gasteiger partial charge in [-0.25, -0.2) is 9.37 Å². The Bertz CT molecular complexity index is 580. The predicted octanol–water partition coefficient (Wildman–Crippen LogP) is 3.59. The van der Waals surface area contributed by atoms with Crippen LogP contribution in [0.5, 0.6) is 5.75 Å². The zero-order valence-corrected chi connectivity index (χ0v) is 11.2. The van der Waals surface area contributed by atoms with E-state index in [0.717, 1.165) is 31.5 Å². The summed E-state index contributed by atoms with van der Waals surface area (Å²) < 4.78 is 20.5. The SMILES string of the molecule is Fc1ccc(OCc2nc(Cl)n3c2CCCC3)cc1. The molecule has 1 aromatic heterocycles. The second-order valence-corrected chi connectivity index (χ2v) is 4.96. The van der Waals surface area contributed by atoms with Gasteiger partial charge in [0.25, 0.3) is 0 Å². The number of benzene rings is 1. The number of rotatable bonds is 3. The van der Waals surface area contributed by atoms with E-state index in [9.17, 15) is 4.39 Å². The molecule has 0 saturated heterocycles. The number of hydrogen-bond donors (Lipinski definition) is 0. The quantitative estimate of drug-likeness (QED) is 0.859. The van der Waals surface area contributed by atoms with Gasteiger partial charge in [0, 0.05) is 12.2 Å². The van der Waals surface area contributed by atoms with Crippen molar-refractivity contribution in [2.24, 2.45) is 0 Å². The van der Waals surface area contributed by atoms with Gasteiger partial charge in [0.1, 0.15) is 23.9 Å². The van der Waals surface area contributed by atoms with Gasteiger partial charge in [-0.1, -0.05) is 0 Å². The van der Waals surface area contributed by atoms with Gasteiger partial charge in [-0.2, -0.15) is 0 Å². The van der Waals surface area contributed by atoms with Crippen molar-refractivity contribution in [1.29, 1.82) is 0 Å². The van der Waals surface area contributed by atoms with Crippen LogP contribution in [0.1, 0.15) is 24.2 Å². The molecule has 0 unspecified atom stereocenters. The van der Waals surface area contributed by atoms with Crippen LogP contribution >= 0.6 is 11.6 Å². The van der Waals surface area contributed by atoms with E-state index in [1.54, 1.807) is 12.1 Å². The minimum atomic E-state index is -0.269. The Labute approximate surface area is 116 Å². The highest BCUT2D eigenvalue weighted by Gasteiger charge is 2.19. The highest BCUT2D eigenvalue weighted by molar-refractivity contribution is 6.28. The normalized spacial score (nSPS) is 14.2. The zero-order chi connectivity index (χ0) is 13.2. The molecule has 0 amide bonds. The highest BCUT2D eigenvalue weighted by Crippen LogP contribution is 2.24. The largest absolute Gasteiger partial charge is 0.487 e. The molecule has 100 valence electrons. The fraction of sp³-hybridized carbons (Fsp3) is 0.357. The van der Waals surface area contributed by atoms with E-state index in [4.69, 9.17) is 16.3 Å². The monoisotopic (exact) mass is 280 g/mol. The lowest BCUT2D eigenvalue weighted by molar-refractivity contribution is 0.299. The Balaban J connectivity index is 1.75. The van der Waals surface area contributed by atoms with Gasteiger partial charge in [-0.15, -0.1) is 0 Å². The molecular formula is C14H14ClFN2O. The number of ether oxygens (including phenoxy) is 1. The number of hydrogen-bond acceptors (Lipinski definition) is 2. The molecule has 0 aliphatic carbocycles. The lowest BCUT2D eigenvalue weighted by atomic mass is 10.1. The van der Waals surface area contributed by atoms with Crippen molar-refractivity contribution in [3.63, 3.8) is 0 Å². The van der Waals surface area contributed by atoms with E-state index in [1.807, 2.05) is 0 Å². The van der Waals surface area contributed by atoms with E-state index in [1.165, 1.54) is 17.8 Å². The van der Waals surface area contributed by atoms with E-state index in [2.05, 4.69) is 9.55 Å². The van der Waals surface area contributed by atoms with E-state index in [0.29, 0.717) is 17.6 Å². The van der Waals surface area contributed by atoms with Gasteiger partial charge in [-0.05, 0) is 55.1 Å². The van der Waals surface area contributed by atoms with Gasteiger partial charge in [0.2, 0.25) is 5.28 Å². The fourth-order valence-corrected chi connectivity index (χ4v) is 2.66. The first-order valence-corrected chi connectivity index (χ1v) is 6.74. The minimum absolute atomic E-state index is 0.269. The lowest BCUT2D eigenvalue weighted by Gasteiger charge is -2.15. The van der Waals surface area contributed by atoms with Gasteiger partial charge in [0.05, 0.1) is 0 Å². The number of nitrogens with zero attached hydrogens (tertiary/aromatic N) is 2. The molecule has 0 bridgehead atoms. The first-order chi connectivity index (χ1) is 9.24. The van der Waals surface area contributed by atoms with Crippen molar-refractivity contribution >= 4 is 11.6 Å². The molecule has 3 nitrogen and oxygen atoms in total. The molecule has 1 aliphatic rings. The van der Waals surface area contributed by atoms with Gasteiger partial charge in [0.15, 0.2) is 0 Å². The molecule has 3 rings (SSSR count). The maximum Gasteiger partial charge on any atom is 0.203 e. The van der Waals surface area contributed by atoms with Crippen LogP contribution in [0.15, 0.2) is 24.3 Å². The Hall–Kier alpha value is -1.55. The average Bonchev–Trinajstić information content (AvgIpc) is 2.76. The summed E-state index contributed by atoms with van der Waals surface area (Å²) in [4.78, 5) is 4.35. The molecule has 5 heteroatoms. The number of halogens is 2. The molecule has 1 aromatic carbocycles. The molecule has 0 N–H and O–H groups in total. The summed E-state index contributed by atoms with van der Waals surface area (Å²) in [6, 6.07) is 5.98. The molecule has 0 saturated carbocycles. The van der Waals surface area contributed by atoms with Crippen LogP contribution in [0.25, 0.3) is 0 Å². The van der Waals surface area contributed by atoms with Crippen molar-refractivity contribution in [3.05, 3.63) is 46.8 Å². The van der Waals surface area contributed by atoms with Crippen molar-refractivity contribution in [2.75, 3.05) is 0 Å². The Morgan fingerprint density at radius 2 is 2.05 bits per heavy atom. The molecule has 19 heavy (non-hydrogen) atoms. The number of fused-ring (bicyclic) bond motifs is 1. The van der Waals surface area contributed by atoms with Crippen molar-refractivity contribution < 1.29 is 9.13 Å². The van der Waals surface area contributed by atoms with Crippen molar-refractivity contribution in [3.8, 4) is 5.75 Å². The molecule has 0 atom stereocenters. The zero-order valence-electron chi connectivity index (χ0n) is 10.4. The van der Waals surface area contributed by atoms with E-state index in [-0.39, 0.29) is 5.82 Å². The Kier molecular flexibility index (Phi) is 3.42.